The van der Waals surface area contributed by atoms with E-state index in [9.17, 15) is 0 Å². The first-order valence-electron chi connectivity index (χ1n) is 12.6. The Labute approximate surface area is 215 Å². The van der Waals surface area contributed by atoms with E-state index in [1.165, 1.54) is 38.7 Å². The van der Waals surface area contributed by atoms with Gasteiger partial charge in [-0.1, -0.05) is 91.0 Å². The first-order chi connectivity index (χ1) is 18.4. The van der Waals surface area contributed by atoms with Crippen molar-refractivity contribution in [2.75, 3.05) is 15.5 Å². The van der Waals surface area contributed by atoms with Gasteiger partial charge in [0.15, 0.2) is 0 Å². The maximum absolute atomic E-state index is 3.84. The second-order valence-corrected chi connectivity index (χ2v) is 9.58. The third-order valence-corrected chi connectivity index (χ3v) is 7.48. The smallest absolute Gasteiger partial charge is 0.0881 e. The van der Waals surface area contributed by atoms with Crippen LogP contribution in [0.5, 0.6) is 0 Å². The fourth-order valence-electron chi connectivity index (χ4n) is 5.88. The summed E-state index contributed by atoms with van der Waals surface area (Å²) in [6.07, 6.45) is 0. The summed E-state index contributed by atoms with van der Waals surface area (Å²) < 4.78 is 0. The summed E-state index contributed by atoms with van der Waals surface area (Å²) in [6.45, 7) is 0. The second-order valence-electron chi connectivity index (χ2n) is 9.58. The third-order valence-electron chi connectivity index (χ3n) is 7.48. The highest BCUT2D eigenvalue weighted by Gasteiger charge is 2.33. The summed E-state index contributed by atoms with van der Waals surface area (Å²) in [6, 6.07) is 45.4. The van der Waals surface area contributed by atoms with Gasteiger partial charge < -0.3 is 15.5 Å². The summed E-state index contributed by atoms with van der Waals surface area (Å²) in [5.74, 6) is 0. The Morgan fingerprint density at radius 1 is 0.486 bits per heavy atom. The molecule has 6 aromatic rings. The topological polar surface area (TPSA) is 27.3 Å². The molecule has 0 saturated carbocycles. The molecular weight excluding hydrogens is 450 g/mol. The second kappa shape index (κ2) is 7.74. The van der Waals surface area contributed by atoms with Crippen LogP contribution in [0.3, 0.4) is 0 Å². The summed E-state index contributed by atoms with van der Waals surface area (Å²) in [5, 5.41) is 10.2. The van der Waals surface area contributed by atoms with Gasteiger partial charge in [0, 0.05) is 22.2 Å². The highest BCUT2D eigenvalue weighted by atomic mass is 15.2. The molecule has 0 radical (unpaired) electrons. The van der Waals surface area contributed by atoms with Crippen LogP contribution in [0.1, 0.15) is 0 Å². The van der Waals surface area contributed by atoms with Crippen LogP contribution in [-0.4, -0.2) is 0 Å². The van der Waals surface area contributed by atoms with Gasteiger partial charge in [-0.3, -0.25) is 0 Å². The lowest BCUT2D eigenvalue weighted by Crippen LogP contribution is -2.19. The lowest BCUT2D eigenvalue weighted by atomic mass is 9.86. The van der Waals surface area contributed by atoms with Gasteiger partial charge in [0.25, 0.3) is 0 Å². The van der Waals surface area contributed by atoms with E-state index in [1.54, 1.807) is 0 Å². The van der Waals surface area contributed by atoms with Gasteiger partial charge in [0.05, 0.1) is 34.1 Å². The third kappa shape index (κ3) is 2.95. The van der Waals surface area contributed by atoms with Crippen LogP contribution in [-0.2, 0) is 0 Å². The number of benzene rings is 6. The largest absolute Gasteiger partial charge is 0.352 e. The maximum Gasteiger partial charge on any atom is 0.0881 e. The van der Waals surface area contributed by atoms with Crippen molar-refractivity contribution < 1.29 is 0 Å². The minimum atomic E-state index is 1.08. The van der Waals surface area contributed by atoms with Crippen molar-refractivity contribution >= 4 is 50.6 Å². The Kier molecular flexibility index (Phi) is 4.23. The van der Waals surface area contributed by atoms with Crippen LogP contribution in [0.15, 0.2) is 127 Å². The summed E-state index contributed by atoms with van der Waals surface area (Å²) in [7, 11) is 0. The first kappa shape index (κ1) is 20.2. The van der Waals surface area contributed by atoms with E-state index in [2.05, 4.69) is 143 Å². The van der Waals surface area contributed by atoms with Crippen LogP contribution >= 0.6 is 0 Å². The quantitative estimate of drug-likeness (QED) is 0.262. The molecule has 2 aliphatic heterocycles. The van der Waals surface area contributed by atoms with Crippen molar-refractivity contribution in [1.29, 1.82) is 0 Å². The Hall–Kier alpha value is -5.02. The van der Waals surface area contributed by atoms with E-state index in [4.69, 9.17) is 0 Å². The van der Waals surface area contributed by atoms with Crippen LogP contribution in [0.4, 0.5) is 39.8 Å². The molecule has 0 bridgehead atoms. The molecule has 0 aromatic heterocycles. The average molecular weight is 474 g/mol. The van der Waals surface area contributed by atoms with E-state index in [-0.39, 0.29) is 0 Å². The molecule has 3 nitrogen and oxygen atoms in total. The van der Waals surface area contributed by atoms with E-state index < -0.39 is 0 Å². The van der Waals surface area contributed by atoms with E-state index in [0.717, 1.165) is 34.1 Å². The lowest BCUT2D eigenvalue weighted by molar-refractivity contribution is 1.27. The number of hydrogen-bond acceptors (Lipinski definition) is 3. The van der Waals surface area contributed by atoms with Crippen LogP contribution < -0.4 is 15.5 Å². The predicted molar refractivity (Wildman–Crippen MR) is 156 cm³/mol. The standard InChI is InChI=1S/C34H23N3/c1-3-11-22(12-4-1)26-21-27-25-17-9-13-23-14-10-20-30(31(23)25)37(24-15-5-2-6-16-24)34(27)33-32(26)35-28-18-7-8-19-29(28)36-33/h1-21,35-36H. The summed E-state index contributed by atoms with van der Waals surface area (Å²) >= 11 is 0. The number of anilines is 7. The van der Waals surface area contributed by atoms with Crippen molar-refractivity contribution in [1.82, 2.24) is 0 Å². The molecule has 6 aromatic carbocycles. The minimum absolute atomic E-state index is 1.08. The molecule has 8 rings (SSSR count). The van der Waals surface area contributed by atoms with Crippen molar-refractivity contribution in [3.8, 4) is 22.3 Å². The van der Waals surface area contributed by atoms with Gasteiger partial charge in [-0.2, -0.15) is 0 Å². The van der Waals surface area contributed by atoms with E-state index >= 15 is 0 Å². The summed E-state index contributed by atoms with van der Waals surface area (Å²) in [5.41, 5.74) is 12.7. The highest BCUT2D eigenvalue weighted by Crippen LogP contribution is 2.59. The number of fused-ring (bicyclic) bond motifs is 5. The molecule has 0 unspecified atom stereocenters. The zero-order valence-corrected chi connectivity index (χ0v) is 20.1. The number of nitrogens with one attached hydrogen (secondary N) is 2. The van der Waals surface area contributed by atoms with E-state index in [0.29, 0.717) is 0 Å². The van der Waals surface area contributed by atoms with Crippen molar-refractivity contribution in [3.05, 3.63) is 127 Å². The number of para-hydroxylation sites is 3. The molecule has 174 valence electrons. The number of hydrogen-bond donors (Lipinski definition) is 2. The molecule has 2 heterocycles. The van der Waals surface area contributed by atoms with Crippen molar-refractivity contribution in [2.45, 2.75) is 0 Å². The van der Waals surface area contributed by atoms with Gasteiger partial charge in [-0.15, -0.1) is 0 Å². The average Bonchev–Trinajstić information content (AvgIpc) is 2.97. The normalized spacial score (nSPS) is 12.7. The van der Waals surface area contributed by atoms with Gasteiger partial charge in [-0.25, -0.2) is 0 Å². The van der Waals surface area contributed by atoms with Gasteiger partial charge in [0.1, 0.15) is 0 Å². The monoisotopic (exact) mass is 473 g/mol. The first-order valence-corrected chi connectivity index (χ1v) is 12.6. The fourth-order valence-corrected chi connectivity index (χ4v) is 5.88. The lowest BCUT2D eigenvalue weighted by Gasteiger charge is -2.38. The minimum Gasteiger partial charge on any atom is -0.352 e. The molecule has 0 fully saturated rings. The fraction of sp³-hybridized carbons (Fsp3) is 0. The van der Waals surface area contributed by atoms with Gasteiger partial charge in [-0.05, 0) is 52.9 Å². The Morgan fingerprint density at radius 2 is 1.14 bits per heavy atom. The van der Waals surface area contributed by atoms with Crippen molar-refractivity contribution in [3.63, 3.8) is 0 Å². The summed E-state index contributed by atoms with van der Waals surface area (Å²) in [4.78, 5) is 2.42. The predicted octanol–water partition coefficient (Wildman–Crippen LogP) is 9.76. The Morgan fingerprint density at radius 3 is 1.89 bits per heavy atom. The Balaban J connectivity index is 1.53. The van der Waals surface area contributed by atoms with Crippen LogP contribution in [0.25, 0.3) is 33.0 Å². The molecule has 2 aliphatic rings. The maximum atomic E-state index is 3.84. The SMILES string of the molecule is c1ccc(-c2cc3c(c4c2Nc2ccccc2N4)N(c2ccccc2)c2cccc4cccc-3c24)cc1. The zero-order valence-electron chi connectivity index (χ0n) is 20.1. The molecule has 2 N–H and O–H groups in total. The molecule has 0 atom stereocenters. The van der Waals surface area contributed by atoms with Crippen LogP contribution in [0.2, 0.25) is 0 Å². The molecular formula is C34H23N3. The van der Waals surface area contributed by atoms with E-state index in [1.807, 2.05) is 0 Å². The highest BCUT2D eigenvalue weighted by molar-refractivity contribution is 6.19. The van der Waals surface area contributed by atoms with Crippen molar-refractivity contribution in [2.24, 2.45) is 0 Å². The molecule has 0 amide bonds. The number of nitrogens with zero attached hydrogens (tertiary/aromatic N) is 1. The molecule has 0 spiro atoms. The molecule has 37 heavy (non-hydrogen) atoms. The molecule has 3 heteroatoms. The van der Waals surface area contributed by atoms with Crippen LogP contribution in [0, 0.1) is 0 Å². The Bertz CT molecular complexity index is 1820. The molecule has 0 saturated heterocycles. The van der Waals surface area contributed by atoms with Gasteiger partial charge in [0.2, 0.25) is 0 Å². The van der Waals surface area contributed by atoms with Gasteiger partial charge >= 0.3 is 0 Å². The number of rotatable bonds is 2. The zero-order chi connectivity index (χ0) is 24.3. The molecule has 0 aliphatic carbocycles.